The van der Waals surface area contributed by atoms with E-state index in [0.717, 1.165) is 5.56 Å². The number of aromatic nitrogens is 2. The molecule has 0 unspecified atom stereocenters. The smallest absolute Gasteiger partial charge is 0.255 e. The molecule has 1 aromatic heterocycles. The van der Waals surface area contributed by atoms with Crippen LogP contribution in [0.3, 0.4) is 0 Å². The van der Waals surface area contributed by atoms with E-state index in [2.05, 4.69) is 15.7 Å². The summed E-state index contributed by atoms with van der Waals surface area (Å²) in [5, 5.41) is 9.23. The second kappa shape index (κ2) is 6.90. The highest BCUT2D eigenvalue weighted by Crippen LogP contribution is 2.11. The quantitative estimate of drug-likeness (QED) is 0.824. The molecule has 2 amide bonds. The van der Waals surface area contributed by atoms with Gasteiger partial charge in [0.15, 0.2) is 0 Å². The summed E-state index contributed by atoms with van der Waals surface area (Å²) < 4.78 is 1.45. The summed E-state index contributed by atoms with van der Waals surface area (Å²) in [4.78, 5) is 23.3. The monoisotopic (exact) mass is 306 g/mol. The van der Waals surface area contributed by atoms with Gasteiger partial charge in [-0.3, -0.25) is 14.3 Å². The Bertz CT molecular complexity index is 654. The van der Waals surface area contributed by atoms with Crippen molar-refractivity contribution < 1.29 is 9.59 Å². The molecule has 0 saturated heterocycles. The Morgan fingerprint density at radius 2 is 2.19 bits per heavy atom. The Labute approximate surface area is 127 Å². The number of carbonyl (C=O) groups excluding carboxylic acids is 2. The van der Waals surface area contributed by atoms with Gasteiger partial charge in [-0.1, -0.05) is 12.1 Å². The summed E-state index contributed by atoms with van der Waals surface area (Å²) in [5.74, 6) is -0.0576. The molecule has 0 atom stereocenters. The van der Waals surface area contributed by atoms with Gasteiger partial charge < -0.3 is 10.6 Å². The summed E-state index contributed by atoms with van der Waals surface area (Å²) in [5.41, 5.74) is 1.92. The van der Waals surface area contributed by atoms with Crippen LogP contribution in [0, 0.1) is 0 Å². The molecule has 6 nitrogen and oxygen atoms in total. The van der Waals surface area contributed by atoms with Crippen LogP contribution in [-0.2, 0) is 17.2 Å². The first-order chi connectivity index (χ1) is 10.1. The lowest BCUT2D eigenvalue weighted by Crippen LogP contribution is -2.23. The zero-order valence-electron chi connectivity index (χ0n) is 11.5. The predicted molar refractivity (Wildman–Crippen MR) is 80.2 cm³/mol. The fourth-order valence-corrected chi connectivity index (χ4v) is 1.91. The van der Waals surface area contributed by atoms with E-state index in [9.17, 15) is 9.59 Å². The number of hydrogen-bond donors (Lipinski definition) is 2. The average molecular weight is 307 g/mol. The maximum atomic E-state index is 12.1. The lowest BCUT2D eigenvalue weighted by molar-refractivity contribution is -0.121. The molecule has 0 spiro atoms. The summed E-state index contributed by atoms with van der Waals surface area (Å²) >= 11 is 5.75. The SMILES string of the molecule is CNC(=O)Cn1cc(NC(=O)c2cccc(CCl)c2)cn1. The molecule has 2 aromatic rings. The number of likely N-dealkylation sites (N-methyl/N-ethyl adjacent to an activating group) is 1. The number of carbonyl (C=O) groups is 2. The first-order valence-electron chi connectivity index (χ1n) is 6.31. The van der Waals surface area contributed by atoms with E-state index < -0.39 is 0 Å². The van der Waals surface area contributed by atoms with Crippen molar-refractivity contribution in [2.75, 3.05) is 12.4 Å². The first kappa shape index (κ1) is 15.1. The molecule has 0 saturated carbocycles. The van der Waals surface area contributed by atoms with Gasteiger partial charge in [0.2, 0.25) is 5.91 Å². The molecule has 0 aliphatic heterocycles. The highest BCUT2D eigenvalue weighted by molar-refractivity contribution is 6.17. The number of hydrogen-bond acceptors (Lipinski definition) is 3. The third-order valence-electron chi connectivity index (χ3n) is 2.82. The van der Waals surface area contributed by atoms with Gasteiger partial charge in [0, 0.05) is 24.7 Å². The highest BCUT2D eigenvalue weighted by atomic mass is 35.5. The van der Waals surface area contributed by atoms with Crippen molar-refractivity contribution >= 4 is 29.1 Å². The van der Waals surface area contributed by atoms with Gasteiger partial charge in [-0.25, -0.2) is 0 Å². The fraction of sp³-hybridized carbons (Fsp3) is 0.214. The molecule has 0 aliphatic carbocycles. The molecule has 110 valence electrons. The van der Waals surface area contributed by atoms with Crippen LogP contribution in [-0.4, -0.2) is 28.6 Å². The van der Waals surface area contributed by atoms with Crippen LogP contribution in [0.15, 0.2) is 36.7 Å². The molecule has 1 heterocycles. The summed E-state index contributed by atoms with van der Waals surface area (Å²) in [6, 6.07) is 7.07. The normalized spacial score (nSPS) is 10.2. The van der Waals surface area contributed by atoms with Crippen molar-refractivity contribution in [1.29, 1.82) is 0 Å². The third-order valence-corrected chi connectivity index (χ3v) is 3.13. The Morgan fingerprint density at radius 1 is 1.38 bits per heavy atom. The lowest BCUT2D eigenvalue weighted by Gasteiger charge is -2.04. The molecule has 1 aromatic carbocycles. The highest BCUT2D eigenvalue weighted by Gasteiger charge is 2.09. The molecular weight excluding hydrogens is 292 g/mol. The molecular formula is C14H15ClN4O2. The number of anilines is 1. The van der Waals surface area contributed by atoms with Gasteiger partial charge in [-0.15, -0.1) is 11.6 Å². The van der Waals surface area contributed by atoms with Crippen molar-refractivity contribution in [3.8, 4) is 0 Å². The van der Waals surface area contributed by atoms with Crippen LogP contribution in [0.2, 0.25) is 0 Å². The van der Waals surface area contributed by atoms with Gasteiger partial charge in [0.05, 0.1) is 11.9 Å². The number of benzene rings is 1. The number of nitrogens with zero attached hydrogens (tertiary/aromatic N) is 2. The standard InChI is InChI=1S/C14H15ClN4O2/c1-16-13(20)9-19-8-12(7-17-19)18-14(21)11-4-2-3-10(5-11)6-15/h2-5,7-8H,6,9H2,1H3,(H,16,20)(H,18,21). The number of alkyl halides is 1. The maximum absolute atomic E-state index is 12.1. The maximum Gasteiger partial charge on any atom is 0.255 e. The van der Waals surface area contributed by atoms with Crippen molar-refractivity contribution in [3.05, 3.63) is 47.8 Å². The van der Waals surface area contributed by atoms with E-state index in [0.29, 0.717) is 17.1 Å². The zero-order valence-corrected chi connectivity index (χ0v) is 12.2. The van der Waals surface area contributed by atoms with Crippen LogP contribution in [0.4, 0.5) is 5.69 Å². The van der Waals surface area contributed by atoms with Gasteiger partial charge in [0.1, 0.15) is 6.54 Å². The average Bonchev–Trinajstić information content (AvgIpc) is 2.94. The van der Waals surface area contributed by atoms with Crippen molar-refractivity contribution in [3.63, 3.8) is 0 Å². The topological polar surface area (TPSA) is 76.0 Å². The largest absolute Gasteiger partial charge is 0.358 e. The number of amides is 2. The zero-order chi connectivity index (χ0) is 15.2. The minimum Gasteiger partial charge on any atom is -0.358 e. The Hall–Kier alpha value is -2.34. The third kappa shape index (κ3) is 4.06. The Kier molecular flexibility index (Phi) is 4.94. The number of halogens is 1. The number of rotatable bonds is 5. The molecule has 2 N–H and O–H groups in total. The first-order valence-corrected chi connectivity index (χ1v) is 6.85. The molecule has 21 heavy (non-hydrogen) atoms. The van der Waals surface area contributed by atoms with E-state index in [-0.39, 0.29) is 18.4 Å². The van der Waals surface area contributed by atoms with Gasteiger partial charge in [0.25, 0.3) is 5.91 Å². The predicted octanol–water partition coefficient (Wildman–Crippen LogP) is 1.62. The summed E-state index contributed by atoms with van der Waals surface area (Å²) in [7, 11) is 1.55. The summed E-state index contributed by atoms with van der Waals surface area (Å²) in [6.07, 6.45) is 3.09. The van der Waals surface area contributed by atoms with Gasteiger partial charge in [-0.05, 0) is 17.7 Å². The van der Waals surface area contributed by atoms with Gasteiger partial charge >= 0.3 is 0 Å². The Morgan fingerprint density at radius 3 is 2.90 bits per heavy atom. The molecule has 2 rings (SSSR count). The van der Waals surface area contributed by atoms with Crippen LogP contribution in [0.5, 0.6) is 0 Å². The minimum absolute atomic E-state index is 0.105. The fourth-order valence-electron chi connectivity index (χ4n) is 1.74. The van der Waals surface area contributed by atoms with Crippen LogP contribution >= 0.6 is 11.6 Å². The molecule has 0 fully saturated rings. The van der Waals surface area contributed by atoms with Crippen LogP contribution in [0.25, 0.3) is 0 Å². The second-order valence-electron chi connectivity index (χ2n) is 4.39. The summed E-state index contributed by atoms with van der Waals surface area (Å²) in [6.45, 7) is 0.105. The molecule has 7 heteroatoms. The van der Waals surface area contributed by atoms with E-state index in [1.165, 1.54) is 10.9 Å². The van der Waals surface area contributed by atoms with E-state index >= 15 is 0 Å². The van der Waals surface area contributed by atoms with E-state index in [1.807, 2.05) is 6.07 Å². The van der Waals surface area contributed by atoms with Crippen LogP contribution < -0.4 is 10.6 Å². The van der Waals surface area contributed by atoms with Gasteiger partial charge in [-0.2, -0.15) is 5.10 Å². The van der Waals surface area contributed by atoms with E-state index in [4.69, 9.17) is 11.6 Å². The van der Waals surface area contributed by atoms with E-state index in [1.54, 1.807) is 31.4 Å². The van der Waals surface area contributed by atoms with Crippen molar-refractivity contribution in [2.45, 2.75) is 12.4 Å². The minimum atomic E-state index is -0.249. The second-order valence-corrected chi connectivity index (χ2v) is 4.66. The Balaban J connectivity index is 2.04. The molecule has 0 bridgehead atoms. The number of nitrogens with one attached hydrogen (secondary N) is 2. The van der Waals surface area contributed by atoms with Crippen molar-refractivity contribution in [2.24, 2.45) is 0 Å². The van der Waals surface area contributed by atoms with Crippen molar-refractivity contribution in [1.82, 2.24) is 15.1 Å². The lowest BCUT2D eigenvalue weighted by atomic mass is 10.1. The molecule has 0 aliphatic rings. The van der Waals surface area contributed by atoms with Crippen LogP contribution in [0.1, 0.15) is 15.9 Å². The molecule has 0 radical (unpaired) electrons.